The summed E-state index contributed by atoms with van der Waals surface area (Å²) in [5, 5.41) is 10.8. The molecule has 1 aromatic rings. The molecule has 1 aliphatic rings. The Kier molecular flexibility index (Phi) is 3.93. The highest BCUT2D eigenvalue weighted by molar-refractivity contribution is 7.07. The Morgan fingerprint density at radius 3 is 3.00 bits per heavy atom. The van der Waals surface area contributed by atoms with Crippen molar-refractivity contribution in [2.45, 2.75) is 25.6 Å². The Labute approximate surface area is 108 Å². The molecule has 0 radical (unpaired) electrons. The molecule has 98 valence electrons. The Bertz CT molecular complexity index is 434. The van der Waals surface area contributed by atoms with Gasteiger partial charge in [0.05, 0.1) is 30.3 Å². The lowest BCUT2D eigenvalue weighted by molar-refractivity contribution is -0.166. The molecule has 0 saturated carbocycles. The molecule has 0 aromatic carbocycles. The maximum absolute atomic E-state index is 12.0. The molecule has 0 bridgehead atoms. The number of aromatic nitrogens is 1. The Morgan fingerprint density at radius 1 is 1.61 bits per heavy atom. The van der Waals surface area contributed by atoms with Gasteiger partial charge in [0.1, 0.15) is 0 Å². The zero-order valence-electron chi connectivity index (χ0n) is 9.91. The van der Waals surface area contributed by atoms with Crippen LogP contribution in [-0.2, 0) is 20.7 Å². The van der Waals surface area contributed by atoms with E-state index in [0.717, 1.165) is 5.69 Å². The van der Waals surface area contributed by atoms with Crippen LogP contribution < -0.4 is 0 Å². The van der Waals surface area contributed by atoms with Crippen molar-refractivity contribution in [1.29, 1.82) is 0 Å². The van der Waals surface area contributed by atoms with Crippen molar-refractivity contribution in [3.8, 4) is 0 Å². The number of nitrogens with zero attached hydrogens (tertiary/aromatic N) is 2. The molecule has 18 heavy (non-hydrogen) atoms. The van der Waals surface area contributed by atoms with Gasteiger partial charge in [0.2, 0.25) is 5.91 Å². The molecule has 2 rings (SSSR count). The highest BCUT2D eigenvalue weighted by atomic mass is 32.1. The number of hydrogen-bond acceptors (Lipinski definition) is 5. The fraction of sp³-hybridized carbons (Fsp3) is 0.545. The second-order valence-electron chi connectivity index (χ2n) is 4.23. The van der Waals surface area contributed by atoms with E-state index in [0.29, 0.717) is 6.54 Å². The summed E-state index contributed by atoms with van der Waals surface area (Å²) >= 11 is 1.43. The van der Waals surface area contributed by atoms with Crippen LogP contribution in [0.4, 0.5) is 0 Å². The molecule has 1 N–H and O–H groups in total. The molecule has 0 aliphatic carbocycles. The summed E-state index contributed by atoms with van der Waals surface area (Å²) in [5.41, 5.74) is 2.39. The van der Waals surface area contributed by atoms with Crippen LogP contribution in [0.25, 0.3) is 0 Å². The fourth-order valence-corrected chi connectivity index (χ4v) is 2.44. The third-order valence-electron chi connectivity index (χ3n) is 2.70. The lowest BCUT2D eigenvalue weighted by atomic mass is 10.2. The average Bonchev–Trinajstić information content (AvgIpc) is 2.80. The van der Waals surface area contributed by atoms with Crippen LogP contribution in [0, 0.1) is 0 Å². The Hall–Kier alpha value is -1.47. The number of ether oxygens (including phenoxy) is 1. The second kappa shape index (κ2) is 5.45. The van der Waals surface area contributed by atoms with Gasteiger partial charge in [-0.25, -0.2) is 9.78 Å². The number of carboxylic acid groups (broad SMARTS) is 1. The van der Waals surface area contributed by atoms with Gasteiger partial charge in [-0.3, -0.25) is 4.79 Å². The minimum absolute atomic E-state index is 0.0998. The van der Waals surface area contributed by atoms with Crippen LogP contribution in [0.2, 0.25) is 0 Å². The Morgan fingerprint density at radius 2 is 2.39 bits per heavy atom. The lowest BCUT2D eigenvalue weighted by Crippen LogP contribution is -2.52. The molecule has 0 unspecified atom stereocenters. The number of carbonyl (C=O) groups excluding carboxylic acids is 1. The number of aliphatic carboxylic acids is 1. The van der Waals surface area contributed by atoms with E-state index in [4.69, 9.17) is 9.84 Å². The molecule has 2 atom stereocenters. The van der Waals surface area contributed by atoms with Crippen LogP contribution in [0.15, 0.2) is 10.9 Å². The summed E-state index contributed by atoms with van der Waals surface area (Å²) in [6.45, 7) is 2.29. The van der Waals surface area contributed by atoms with E-state index in [1.165, 1.54) is 16.2 Å². The van der Waals surface area contributed by atoms with Gasteiger partial charge in [0, 0.05) is 11.9 Å². The molecule has 1 fully saturated rings. The van der Waals surface area contributed by atoms with Gasteiger partial charge in [-0.15, -0.1) is 11.3 Å². The van der Waals surface area contributed by atoms with Gasteiger partial charge in [-0.2, -0.15) is 0 Å². The molecular formula is C11H14N2O4S. The highest BCUT2D eigenvalue weighted by Crippen LogP contribution is 2.13. The first kappa shape index (κ1) is 13.0. The standard InChI is InChI=1S/C11H14N2O4S/c1-7-3-13(4-9(17-7)11(15)16)10(14)2-8-5-18-6-12-8/h5-7,9H,2-4H2,1H3,(H,15,16)/t7-,9-/m1/s1. The number of thiazole rings is 1. The van der Waals surface area contributed by atoms with Crippen molar-refractivity contribution in [2.75, 3.05) is 13.1 Å². The highest BCUT2D eigenvalue weighted by Gasteiger charge is 2.32. The zero-order chi connectivity index (χ0) is 13.1. The minimum atomic E-state index is -1.03. The molecule has 1 amide bonds. The molecule has 6 nitrogen and oxygen atoms in total. The summed E-state index contributed by atoms with van der Waals surface area (Å²) in [6, 6.07) is 0. The van der Waals surface area contributed by atoms with Gasteiger partial charge < -0.3 is 14.7 Å². The van der Waals surface area contributed by atoms with Gasteiger partial charge in [0.15, 0.2) is 6.10 Å². The van der Waals surface area contributed by atoms with Crippen molar-refractivity contribution in [2.24, 2.45) is 0 Å². The van der Waals surface area contributed by atoms with Crippen molar-refractivity contribution >= 4 is 23.2 Å². The van der Waals surface area contributed by atoms with E-state index in [-0.39, 0.29) is 25.0 Å². The first-order valence-corrected chi connectivity index (χ1v) is 6.53. The molecule has 1 saturated heterocycles. The van der Waals surface area contributed by atoms with E-state index in [1.54, 1.807) is 12.4 Å². The SMILES string of the molecule is C[C@@H]1CN(C(=O)Cc2cscn2)C[C@H](C(=O)O)O1. The molecule has 7 heteroatoms. The smallest absolute Gasteiger partial charge is 0.334 e. The average molecular weight is 270 g/mol. The van der Waals surface area contributed by atoms with E-state index in [9.17, 15) is 9.59 Å². The van der Waals surface area contributed by atoms with Crippen LogP contribution in [0.3, 0.4) is 0 Å². The zero-order valence-corrected chi connectivity index (χ0v) is 10.7. The third-order valence-corrected chi connectivity index (χ3v) is 3.34. The van der Waals surface area contributed by atoms with Crippen molar-refractivity contribution < 1.29 is 19.4 Å². The van der Waals surface area contributed by atoms with E-state index in [1.807, 2.05) is 5.38 Å². The monoisotopic (exact) mass is 270 g/mol. The van der Waals surface area contributed by atoms with E-state index in [2.05, 4.69) is 4.98 Å². The summed E-state index contributed by atoms with van der Waals surface area (Å²) in [7, 11) is 0. The van der Waals surface area contributed by atoms with Gasteiger partial charge in [0.25, 0.3) is 0 Å². The summed E-state index contributed by atoms with van der Waals surface area (Å²) < 4.78 is 5.26. The predicted octanol–water partition coefficient (Wildman–Crippen LogP) is 0.386. The fourth-order valence-electron chi connectivity index (χ4n) is 1.88. The number of amides is 1. The first-order chi connectivity index (χ1) is 8.56. The molecule has 0 spiro atoms. The Balaban J connectivity index is 1.99. The summed E-state index contributed by atoms with van der Waals surface area (Å²) in [5.74, 6) is -1.14. The summed E-state index contributed by atoms with van der Waals surface area (Å²) in [6.07, 6.45) is -0.991. The number of hydrogen-bond donors (Lipinski definition) is 1. The number of morpholine rings is 1. The molecule has 1 aliphatic heterocycles. The van der Waals surface area contributed by atoms with Gasteiger partial charge >= 0.3 is 5.97 Å². The maximum Gasteiger partial charge on any atom is 0.334 e. The number of rotatable bonds is 3. The topological polar surface area (TPSA) is 79.7 Å². The van der Waals surface area contributed by atoms with Crippen molar-refractivity contribution in [3.63, 3.8) is 0 Å². The largest absolute Gasteiger partial charge is 0.479 e. The van der Waals surface area contributed by atoms with Crippen LogP contribution in [-0.4, -0.2) is 52.2 Å². The van der Waals surface area contributed by atoms with E-state index < -0.39 is 12.1 Å². The van der Waals surface area contributed by atoms with Crippen LogP contribution >= 0.6 is 11.3 Å². The molecule has 1 aromatic heterocycles. The van der Waals surface area contributed by atoms with E-state index >= 15 is 0 Å². The van der Waals surface area contributed by atoms with Gasteiger partial charge in [-0.1, -0.05) is 0 Å². The first-order valence-electron chi connectivity index (χ1n) is 5.59. The molecular weight excluding hydrogens is 256 g/mol. The quantitative estimate of drug-likeness (QED) is 0.859. The van der Waals surface area contributed by atoms with Crippen LogP contribution in [0.5, 0.6) is 0 Å². The molecule has 2 heterocycles. The third kappa shape index (κ3) is 3.05. The van der Waals surface area contributed by atoms with Crippen LogP contribution in [0.1, 0.15) is 12.6 Å². The van der Waals surface area contributed by atoms with Crippen molar-refractivity contribution in [1.82, 2.24) is 9.88 Å². The summed E-state index contributed by atoms with van der Waals surface area (Å²) in [4.78, 5) is 28.5. The second-order valence-corrected chi connectivity index (χ2v) is 4.95. The minimum Gasteiger partial charge on any atom is -0.479 e. The normalized spacial score (nSPS) is 23.9. The maximum atomic E-state index is 12.0. The predicted molar refractivity (Wildman–Crippen MR) is 64.4 cm³/mol. The van der Waals surface area contributed by atoms with Crippen molar-refractivity contribution in [3.05, 3.63) is 16.6 Å². The number of carbonyl (C=O) groups is 2. The van der Waals surface area contributed by atoms with Gasteiger partial charge in [-0.05, 0) is 6.92 Å². The number of carboxylic acids is 1. The lowest BCUT2D eigenvalue weighted by Gasteiger charge is -2.34.